The van der Waals surface area contributed by atoms with Gasteiger partial charge < -0.3 is 45.1 Å². The highest BCUT2D eigenvalue weighted by Crippen LogP contribution is 2.42. The molecule has 1 aliphatic heterocycles. The summed E-state index contributed by atoms with van der Waals surface area (Å²) >= 11 is 0. The topological polar surface area (TPSA) is 240 Å². The van der Waals surface area contributed by atoms with Gasteiger partial charge in [-0.1, -0.05) is 30.3 Å². The molecule has 338 valence electrons. The molecule has 5 aromatic rings. The largest absolute Gasteiger partial charge is 0.586 e. The smallest absolute Gasteiger partial charge is 0.504 e. The van der Waals surface area contributed by atoms with Crippen molar-refractivity contribution in [2.45, 2.75) is 39.4 Å². The Bertz CT molecular complexity index is 2840. The minimum Gasteiger partial charge on any atom is -0.504 e. The molecule has 18 heteroatoms. The van der Waals surface area contributed by atoms with Crippen molar-refractivity contribution in [3.63, 3.8) is 0 Å². The summed E-state index contributed by atoms with van der Waals surface area (Å²) < 4.78 is 46.1. The van der Waals surface area contributed by atoms with Crippen LogP contribution in [0.2, 0.25) is 0 Å². The highest BCUT2D eigenvalue weighted by atomic mass is 19.3. The van der Waals surface area contributed by atoms with Crippen molar-refractivity contribution < 1.29 is 66.7 Å². The van der Waals surface area contributed by atoms with Crippen LogP contribution < -0.4 is 34.9 Å². The first-order valence-corrected chi connectivity index (χ1v) is 19.9. The van der Waals surface area contributed by atoms with E-state index < -0.39 is 53.0 Å². The van der Waals surface area contributed by atoms with Crippen LogP contribution in [0.3, 0.4) is 0 Å². The molecule has 0 unspecified atom stereocenters. The molecule has 0 saturated heterocycles. The number of carbonyl (C=O) groups is 6. The molecule has 0 fully saturated rings. The number of hydrogen-bond donors (Lipinski definition) is 5. The Hall–Kier alpha value is -8.59. The minimum absolute atomic E-state index is 0.00313. The number of methoxy groups -OCH3 is 2. The van der Waals surface area contributed by atoms with Crippen LogP contribution in [0.1, 0.15) is 79.2 Å². The fourth-order valence-corrected chi connectivity index (χ4v) is 6.78. The van der Waals surface area contributed by atoms with Gasteiger partial charge in [-0.25, -0.2) is 0 Å². The molecule has 0 aromatic heterocycles. The lowest BCUT2D eigenvalue weighted by molar-refractivity contribution is -0.286. The number of rotatable bonds is 17. The molecule has 1 heterocycles. The third kappa shape index (κ3) is 10.8. The molecular formula is C48H40F2N4O12. The fourth-order valence-electron chi connectivity index (χ4n) is 6.78. The number of benzene rings is 5. The van der Waals surface area contributed by atoms with E-state index in [2.05, 4.69) is 25.4 Å². The molecule has 16 nitrogen and oxygen atoms in total. The summed E-state index contributed by atoms with van der Waals surface area (Å²) in [5.41, 5.74) is 1.75. The number of nitriles is 1. The summed E-state index contributed by atoms with van der Waals surface area (Å²) in [5.74, 6) is -6.03. The van der Waals surface area contributed by atoms with Crippen molar-refractivity contribution in [2.75, 3.05) is 30.2 Å². The van der Waals surface area contributed by atoms with E-state index >= 15 is 0 Å². The Morgan fingerprint density at radius 2 is 1.32 bits per heavy atom. The van der Waals surface area contributed by atoms with Crippen molar-refractivity contribution in [2.24, 2.45) is 5.92 Å². The molecule has 0 spiro atoms. The van der Waals surface area contributed by atoms with Gasteiger partial charge in [-0.05, 0) is 97.3 Å². The number of Topliss-reactive ketones (excluding diaryl/α,β-unsaturated/α-hetero) is 3. The van der Waals surface area contributed by atoms with Crippen LogP contribution in [0, 0.1) is 17.2 Å². The summed E-state index contributed by atoms with van der Waals surface area (Å²) in [7, 11) is 2.45. The Morgan fingerprint density at radius 1 is 0.742 bits per heavy atom. The normalized spacial score (nSPS) is 12.8. The van der Waals surface area contributed by atoms with E-state index in [0.29, 0.717) is 16.7 Å². The van der Waals surface area contributed by atoms with Crippen LogP contribution in [0.5, 0.6) is 34.5 Å². The van der Waals surface area contributed by atoms with Gasteiger partial charge in [0, 0.05) is 36.1 Å². The molecule has 5 N–H and O–H groups in total. The average molecular weight is 903 g/mol. The van der Waals surface area contributed by atoms with E-state index in [1.54, 1.807) is 19.1 Å². The quantitative estimate of drug-likeness (QED) is 0.0438. The predicted molar refractivity (Wildman–Crippen MR) is 234 cm³/mol. The van der Waals surface area contributed by atoms with Gasteiger partial charge in [-0.15, -0.1) is 8.78 Å². The number of alkyl halides is 2. The van der Waals surface area contributed by atoms with Crippen molar-refractivity contribution in [1.29, 1.82) is 5.26 Å². The number of hydrogen-bond acceptors (Lipinski definition) is 13. The van der Waals surface area contributed by atoms with Crippen LogP contribution in [0.4, 0.5) is 25.8 Å². The maximum absolute atomic E-state index is 13.4. The zero-order chi connectivity index (χ0) is 47.9. The van der Waals surface area contributed by atoms with Crippen LogP contribution in [-0.2, 0) is 16.0 Å². The lowest BCUT2D eigenvalue weighted by atomic mass is 9.94. The number of fused-ring (bicyclic) bond motifs is 1. The number of carbonyl (C=O) groups excluding carboxylic acids is 6. The molecule has 0 radical (unpaired) electrons. The van der Waals surface area contributed by atoms with Gasteiger partial charge in [0.2, 0.25) is 5.91 Å². The predicted octanol–water partition coefficient (Wildman–Crippen LogP) is 8.10. The second-order valence-corrected chi connectivity index (χ2v) is 14.8. The average Bonchev–Trinajstić information content (AvgIpc) is 3.59. The number of anilines is 3. The number of halogens is 2. The first kappa shape index (κ1) is 46.9. The van der Waals surface area contributed by atoms with Gasteiger partial charge in [0.25, 0.3) is 11.8 Å². The van der Waals surface area contributed by atoms with Crippen molar-refractivity contribution >= 4 is 58.2 Å². The molecular weight excluding hydrogens is 863 g/mol. The summed E-state index contributed by atoms with van der Waals surface area (Å²) in [6, 6.07) is 23.2. The number of ether oxygens (including phenoxy) is 4. The number of phenols is 2. The van der Waals surface area contributed by atoms with Gasteiger partial charge in [0.05, 0.1) is 48.7 Å². The zero-order valence-corrected chi connectivity index (χ0v) is 35.6. The first-order valence-electron chi connectivity index (χ1n) is 19.9. The monoisotopic (exact) mass is 902 g/mol. The number of allylic oxidation sites excluding steroid dienone is 1. The zero-order valence-electron chi connectivity index (χ0n) is 35.6. The van der Waals surface area contributed by atoms with E-state index in [0.717, 1.165) is 0 Å². The van der Waals surface area contributed by atoms with Crippen LogP contribution in [0.15, 0.2) is 96.6 Å². The van der Waals surface area contributed by atoms with Gasteiger partial charge in [-0.3, -0.25) is 28.8 Å². The molecule has 3 amide bonds. The summed E-state index contributed by atoms with van der Waals surface area (Å²) in [6.45, 7) is 2.83. The summed E-state index contributed by atoms with van der Waals surface area (Å²) in [5, 5.41) is 38.6. The minimum atomic E-state index is -3.76. The number of amides is 3. The van der Waals surface area contributed by atoms with Gasteiger partial charge >= 0.3 is 6.29 Å². The van der Waals surface area contributed by atoms with Gasteiger partial charge in [0.15, 0.2) is 51.8 Å². The number of nitrogens with one attached hydrogen (secondary N) is 3. The Kier molecular flexibility index (Phi) is 14.1. The van der Waals surface area contributed by atoms with E-state index in [-0.39, 0.29) is 87.4 Å². The van der Waals surface area contributed by atoms with Crippen LogP contribution in [-0.4, -0.2) is 65.8 Å². The Morgan fingerprint density at radius 3 is 1.92 bits per heavy atom. The SMILES string of the molecule is COc1c(NC(=O)c2ccc(NC(=O)c3ccc(NC(=O)[C@H](CC#N)CC(=O)c4ccc(CC(=O)/C(C)=C/c5ccc6c(c5)OC(F)(F)O6)cc4)cc3)c(OC)c2O)ccc(C(C)=O)c1O. The molecule has 1 aliphatic rings. The summed E-state index contributed by atoms with van der Waals surface area (Å²) in [4.78, 5) is 77.7. The van der Waals surface area contributed by atoms with Gasteiger partial charge in [0.1, 0.15) is 0 Å². The molecule has 0 aliphatic carbocycles. The van der Waals surface area contributed by atoms with Crippen molar-refractivity contribution in [1.82, 2.24) is 0 Å². The van der Waals surface area contributed by atoms with Crippen molar-refractivity contribution in [3.05, 3.63) is 130 Å². The maximum atomic E-state index is 13.4. The second kappa shape index (κ2) is 19.8. The lowest BCUT2D eigenvalue weighted by Crippen LogP contribution is -2.25. The third-order valence-corrected chi connectivity index (χ3v) is 10.2. The molecule has 6 rings (SSSR count). The second-order valence-electron chi connectivity index (χ2n) is 14.8. The highest BCUT2D eigenvalue weighted by molar-refractivity contribution is 6.11. The van der Waals surface area contributed by atoms with E-state index in [4.69, 9.17) is 9.47 Å². The van der Waals surface area contributed by atoms with Gasteiger partial charge in [-0.2, -0.15) is 5.26 Å². The van der Waals surface area contributed by atoms with Crippen molar-refractivity contribution in [3.8, 4) is 40.6 Å². The number of phenolic OH excluding ortho intramolecular Hbond substituents is 2. The first-order chi connectivity index (χ1) is 31.4. The van der Waals surface area contributed by atoms with E-state index in [9.17, 15) is 53.0 Å². The lowest BCUT2D eigenvalue weighted by Gasteiger charge is -2.16. The van der Waals surface area contributed by atoms with Crippen LogP contribution in [0.25, 0.3) is 6.08 Å². The third-order valence-electron chi connectivity index (χ3n) is 10.2. The molecule has 1 atom stereocenters. The molecule has 0 bridgehead atoms. The Balaban J connectivity index is 1.03. The Labute approximate surface area is 375 Å². The molecule has 66 heavy (non-hydrogen) atoms. The summed E-state index contributed by atoms with van der Waals surface area (Å²) in [6.07, 6.45) is -2.83. The van der Waals surface area contributed by atoms with Crippen LogP contribution >= 0.6 is 0 Å². The number of aromatic hydroxyl groups is 2. The number of ketones is 3. The number of nitrogens with zero attached hydrogens (tertiary/aromatic N) is 1. The standard InChI is InChI=1S/C48H40F2N4O12/c1-25(21-28-7-18-39-40(23-28)66-48(49,50)65-39)37(56)22-27-5-8-29(9-6-27)38(57)24-31(19-20-51)46(61)52-32-12-10-30(11-13-32)45(60)53-35-17-15-34(42(59)44(35)64-4)47(62)54-36-16-14-33(26(2)55)41(58)43(36)63-3/h5-18,21,23,31,58-59H,19,22,24H2,1-4H3,(H,52,61)(H,53,60)(H,54,62)/b25-21+/t31-/m1/s1. The maximum Gasteiger partial charge on any atom is 0.586 e. The fraction of sp³-hybridized carbons (Fsp3) is 0.188. The van der Waals surface area contributed by atoms with E-state index in [1.807, 2.05) is 6.07 Å². The molecule has 0 saturated carbocycles. The highest BCUT2D eigenvalue weighted by Gasteiger charge is 2.43. The molecule has 5 aromatic carbocycles. The van der Waals surface area contributed by atoms with E-state index in [1.165, 1.54) is 106 Å².